The van der Waals surface area contributed by atoms with Crippen LogP contribution >= 0.6 is 23.2 Å². The number of anilines is 1. The summed E-state index contributed by atoms with van der Waals surface area (Å²) in [6, 6.07) is 0.995. The van der Waals surface area contributed by atoms with Gasteiger partial charge < -0.3 is 24.8 Å². The van der Waals surface area contributed by atoms with Gasteiger partial charge in [-0.3, -0.25) is 4.79 Å². The molecule has 2 aromatic rings. The van der Waals surface area contributed by atoms with E-state index in [1.165, 1.54) is 44.8 Å². The molecular formula is C21H21Cl2FN4O4. The molecule has 0 radical (unpaired) electrons. The fourth-order valence-corrected chi connectivity index (χ4v) is 3.73. The van der Waals surface area contributed by atoms with Crippen molar-refractivity contribution in [3.05, 3.63) is 52.3 Å². The molecule has 170 valence electrons. The van der Waals surface area contributed by atoms with E-state index in [2.05, 4.69) is 27.2 Å². The largest absolute Gasteiger partial charge is 0.495 e. The van der Waals surface area contributed by atoms with E-state index in [9.17, 15) is 4.79 Å². The Morgan fingerprint density at radius 2 is 1.78 bits per heavy atom. The molecule has 1 aliphatic heterocycles. The van der Waals surface area contributed by atoms with Crippen LogP contribution in [0.2, 0.25) is 10.0 Å². The van der Waals surface area contributed by atoms with E-state index in [0.29, 0.717) is 24.7 Å². The molecule has 1 fully saturated rings. The molecule has 11 heteroatoms. The maximum Gasteiger partial charge on any atom is 0.243 e. The van der Waals surface area contributed by atoms with Crippen LogP contribution in [-0.4, -0.2) is 55.4 Å². The summed E-state index contributed by atoms with van der Waals surface area (Å²) in [6.07, 6.45) is 5.25. The summed E-state index contributed by atoms with van der Waals surface area (Å²) in [6.45, 7) is 4.16. The molecule has 2 atom stereocenters. The standard InChI is InChI=1S/C21H21Cl2FN4O4/c1-4-17(29)27-13-9-32-10-14(13)28-21-25-7-11(8-26-21)5-12(24)18-19(22)15(30-2)6-16(31-3)20(18)23/h4-8,13-14H,1,9-10H2,2-3H3,(H,27,29)(H,25,26,28)/b12-5-. The smallest absolute Gasteiger partial charge is 0.243 e. The van der Waals surface area contributed by atoms with Crippen molar-refractivity contribution in [2.24, 2.45) is 0 Å². The number of benzene rings is 1. The van der Waals surface area contributed by atoms with Gasteiger partial charge in [0.2, 0.25) is 11.9 Å². The number of hydrogen-bond acceptors (Lipinski definition) is 7. The summed E-state index contributed by atoms with van der Waals surface area (Å²) in [5, 5.41) is 5.90. The highest BCUT2D eigenvalue weighted by Gasteiger charge is 2.29. The average molecular weight is 483 g/mol. The minimum Gasteiger partial charge on any atom is -0.495 e. The molecule has 8 nitrogen and oxygen atoms in total. The zero-order chi connectivity index (χ0) is 23.3. The molecule has 2 unspecified atom stereocenters. The van der Waals surface area contributed by atoms with Crippen molar-refractivity contribution in [1.29, 1.82) is 0 Å². The molecule has 0 bridgehead atoms. The lowest BCUT2D eigenvalue weighted by Gasteiger charge is -2.19. The van der Waals surface area contributed by atoms with Crippen LogP contribution in [0.15, 0.2) is 31.1 Å². The van der Waals surface area contributed by atoms with Gasteiger partial charge in [-0.2, -0.15) is 0 Å². The molecular weight excluding hydrogens is 462 g/mol. The second-order valence-corrected chi connectivity index (χ2v) is 7.48. The van der Waals surface area contributed by atoms with Gasteiger partial charge in [0.25, 0.3) is 0 Å². The summed E-state index contributed by atoms with van der Waals surface area (Å²) in [5.41, 5.74) is 0.316. The van der Waals surface area contributed by atoms with E-state index in [4.69, 9.17) is 37.4 Å². The van der Waals surface area contributed by atoms with Crippen LogP contribution in [-0.2, 0) is 9.53 Å². The molecule has 0 aliphatic carbocycles. The SMILES string of the molecule is C=CC(=O)NC1COCC1Nc1ncc(/C=C(\F)c2c(Cl)c(OC)cc(OC)c2Cl)cn1. The summed E-state index contributed by atoms with van der Waals surface area (Å²) < 4.78 is 30.8. The van der Waals surface area contributed by atoms with Crippen molar-refractivity contribution in [2.45, 2.75) is 12.1 Å². The maximum atomic E-state index is 15.1. The van der Waals surface area contributed by atoms with Gasteiger partial charge in [0.15, 0.2) is 0 Å². The van der Waals surface area contributed by atoms with Gasteiger partial charge in [-0.25, -0.2) is 14.4 Å². The molecule has 0 saturated carbocycles. The third-order valence-electron chi connectivity index (χ3n) is 4.69. The monoisotopic (exact) mass is 482 g/mol. The van der Waals surface area contributed by atoms with Crippen LogP contribution in [0, 0.1) is 0 Å². The zero-order valence-electron chi connectivity index (χ0n) is 17.3. The topological polar surface area (TPSA) is 94.6 Å². The highest BCUT2D eigenvalue weighted by molar-refractivity contribution is 6.39. The summed E-state index contributed by atoms with van der Waals surface area (Å²) in [4.78, 5) is 19.9. The molecule has 32 heavy (non-hydrogen) atoms. The molecule has 1 aromatic carbocycles. The van der Waals surface area contributed by atoms with Crippen LogP contribution in [0.4, 0.5) is 10.3 Å². The number of nitrogens with zero attached hydrogens (tertiary/aromatic N) is 2. The number of nitrogens with one attached hydrogen (secondary N) is 2. The lowest BCUT2D eigenvalue weighted by molar-refractivity contribution is -0.117. The van der Waals surface area contributed by atoms with Crippen molar-refractivity contribution in [3.8, 4) is 11.5 Å². The maximum absolute atomic E-state index is 15.1. The second kappa shape index (κ2) is 10.6. The minimum absolute atomic E-state index is 0.0140. The average Bonchev–Trinajstić information content (AvgIpc) is 3.21. The van der Waals surface area contributed by atoms with Crippen LogP contribution in [0.1, 0.15) is 11.1 Å². The van der Waals surface area contributed by atoms with Gasteiger partial charge in [0.05, 0.1) is 55.1 Å². The second-order valence-electron chi connectivity index (χ2n) is 6.72. The summed E-state index contributed by atoms with van der Waals surface area (Å²) >= 11 is 12.5. The van der Waals surface area contributed by atoms with Crippen LogP contribution in [0.25, 0.3) is 11.9 Å². The Morgan fingerprint density at radius 1 is 1.19 bits per heavy atom. The first-order valence-electron chi connectivity index (χ1n) is 9.44. The lowest BCUT2D eigenvalue weighted by atomic mass is 10.1. The fraction of sp³-hybridized carbons (Fsp3) is 0.286. The number of ether oxygens (including phenoxy) is 3. The number of halogens is 3. The molecule has 1 aliphatic rings. The summed E-state index contributed by atoms with van der Waals surface area (Å²) in [7, 11) is 2.81. The van der Waals surface area contributed by atoms with Crippen LogP contribution in [0.3, 0.4) is 0 Å². The van der Waals surface area contributed by atoms with E-state index in [-0.39, 0.29) is 45.1 Å². The van der Waals surface area contributed by atoms with Crippen molar-refractivity contribution < 1.29 is 23.4 Å². The third kappa shape index (κ3) is 5.29. The number of carbonyl (C=O) groups is 1. The highest BCUT2D eigenvalue weighted by atomic mass is 35.5. The van der Waals surface area contributed by atoms with Crippen LogP contribution in [0.5, 0.6) is 11.5 Å². The Balaban J connectivity index is 1.78. The van der Waals surface area contributed by atoms with Gasteiger partial charge in [0, 0.05) is 24.0 Å². The molecule has 1 aromatic heterocycles. The first-order valence-corrected chi connectivity index (χ1v) is 10.2. The molecule has 2 N–H and O–H groups in total. The molecule has 0 spiro atoms. The minimum atomic E-state index is -0.710. The Bertz CT molecular complexity index is 1010. The van der Waals surface area contributed by atoms with E-state index in [1.54, 1.807) is 0 Å². The number of carbonyl (C=O) groups excluding carboxylic acids is 1. The van der Waals surface area contributed by atoms with Gasteiger partial charge in [-0.05, 0) is 12.2 Å². The number of amides is 1. The molecule has 1 amide bonds. The van der Waals surface area contributed by atoms with Crippen LogP contribution < -0.4 is 20.1 Å². The fourth-order valence-electron chi connectivity index (χ4n) is 3.05. The first-order chi connectivity index (χ1) is 15.4. The zero-order valence-corrected chi connectivity index (χ0v) is 18.8. The van der Waals surface area contributed by atoms with E-state index >= 15 is 4.39 Å². The van der Waals surface area contributed by atoms with Gasteiger partial charge in [-0.15, -0.1) is 0 Å². The number of rotatable bonds is 8. The number of methoxy groups -OCH3 is 2. The normalized spacial score (nSPS) is 18.2. The lowest BCUT2D eigenvalue weighted by Crippen LogP contribution is -2.45. The Morgan fingerprint density at radius 3 is 2.34 bits per heavy atom. The molecule has 1 saturated heterocycles. The first kappa shape index (κ1) is 23.8. The van der Waals surface area contributed by atoms with E-state index in [1.807, 2.05) is 0 Å². The van der Waals surface area contributed by atoms with E-state index < -0.39 is 5.83 Å². The van der Waals surface area contributed by atoms with Crippen molar-refractivity contribution >= 4 is 47.0 Å². The Kier molecular flexibility index (Phi) is 7.89. The number of aromatic nitrogens is 2. The quantitative estimate of drug-likeness (QED) is 0.553. The molecule has 2 heterocycles. The summed E-state index contributed by atoms with van der Waals surface area (Å²) in [5.74, 6) is -0.262. The predicted octanol–water partition coefficient (Wildman–Crippen LogP) is 3.75. The third-order valence-corrected chi connectivity index (χ3v) is 5.44. The highest BCUT2D eigenvalue weighted by Crippen LogP contribution is 2.44. The van der Waals surface area contributed by atoms with Crippen molar-refractivity contribution in [3.63, 3.8) is 0 Å². The molecule has 3 rings (SSSR count). The van der Waals surface area contributed by atoms with Crippen molar-refractivity contribution in [2.75, 3.05) is 32.8 Å². The number of hydrogen-bond donors (Lipinski definition) is 2. The predicted molar refractivity (Wildman–Crippen MR) is 121 cm³/mol. The van der Waals surface area contributed by atoms with Gasteiger partial charge in [-0.1, -0.05) is 29.8 Å². The van der Waals surface area contributed by atoms with Gasteiger partial charge in [0.1, 0.15) is 17.3 Å². The van der Waals surface area contributed by atoms with E-state index in [0.717, 1.165) is 0 Å². The van der Waals surface area contributed by atoms with Crippen molar-refractivity contribution in [1.82, 2.24) is 15.3 Å². The Hall–Kier alpha value is -2.88. The van der Waals surface area contributed by atoms with Gasteiger partial charge >= 0.3 is 0 Å². The Labute approximate surface area is 194 Å².